The van der Waals surface area contributed by atoms with Gasteiger partial charge in [0, 0.05) is 28.3 Å². The van der Waals surface area contributed by atoms with Gasteiger partial charge in [0.1, 0.15) is 10.8 Å². The first-order valence-electron chi connectivity index (χ1n) is 7.70. The molecule has 0 aliphatic heterocycles. The molecule has 1 aliphatic rings. The lowest BCUT2D eigenvalue weighted by atomic mass is 9.93. The van der Waals surface area contributed by atoms with E-state index in [9.17, 15) is 9.00 Å². The molecule has 0 spiro atoms. The summed E-state index contributed by atoms with van der Waals surface area (Å²) in [6.45, 7) is 0. The van der Waals surface area contributed by atoms with Crippen molar-refractivity contribution in [2.45, 2.75) is 25.3 Å². The highest BCUT2D eigenvalue weighted by molar-refractivity contribution is 7.92. The topological polar surface area (TPSA) is 83.5 Å². The van der Waals surface area contributed by atoms with Crippen LogP contribution in [0.3, 0.4) is 0 Å². The summed E-state index contributed by atoms with van der Waals surface area (Å²) in [4.78, 5) is 17.1. The molecule has 1 fully saturated rings. The molecule has 6 nitrogen and oxygen atoms in total. The number of nitrogens with zero attached hydrogens (tertiary/aromatic N) is 2. The summed E-state index contributed by atoms with van der Waals surface area (Å²) in [6, 6.07) is 7.61. The minimum absolute atomic E-state index is 0.221. The van der Waals surface area contributed by atoms with E-state index < -0.39 is 9.73 Å². The Labute approximate surface area is 145 Å². The molecule has 2 N–H and O–H groups in total. The van der Waals surface area contributed by atoms with Crippen molar-refractivity contribution in [3.8, 4) is 0 Å². The summed E-state index contributed by atoms with van der Waals surface area (Å²) in [6.07, 6.45) is 8.42. The van der Waals surface area contributed by atoms with Crippen molar-refractivity contribution in [2.24, 2.45) is 4.36 Å². The molecule has 0 saturated heterocycles. The van der Waals surface area contributed by atoms with Crippen LogP contribution in [0.2, 0.25) is 0 Å². The molecule has 0 unspecified atom stereocenters. The number of amides is 1. The molecule has 128 valence electrons. The molecule has 1 saturated carbocycles. The van der Waals surface area contributed by atoms with Crippen LogP contribution in [0.4, 0.5) is 16.5 Å². The maximum atomic E-state index is 12.3. The van der Waals surface area contributed by atoms with Gasteiger partial charge in [0.25, 0.3) is 5.91 Å². The molecule has 0 radical (unpaired) electrons. The van der Waals surface area contributed by atoms with Crippen molar-refractivity contribution in [2.75, 3.05) is 23.1 Å². The number of thiophene rings is 1. The zero-order valence-corrected chi connectivity index (χ0v) is 15.2. The normalized spacial score (nSPS) is 14.8. The minimum Gasteiger partial charge on any atom is -0.367 e. The SMILES string of the molecule is CS(C)(=O)=Nc1ccc(C(=O)Nc2ccc(NC3CCC3)nc2)s1. The van der Waals surface area contributed by atoms with E-state index in [4.69, 9.17) is 0 Å². The summed E-state index contributed by atoms with van der Waals surface area (Å²) < 4.78 is 15.8. The number of hydrogen-bond donors (Lipinski definition) is 2. The van der Waals surface area contributed by atoms with Crippen molar-refractivity contribution in [3.05, 3.63) is 35.3 Å². The average Bonchev–Trinajstić information content (AvgIpc) is 2.91. The predicted molar refractivity (Wildman–Crippen MR) is 99.8 cm³/mol. The number of anilines is 2. The van der Waals surface area contributed by atoms with Gasteiger partial charge in [-0.25, -0.2) is 9.19 Å². The van der Waals surface area contributed by atoms with Crippen molar-refractivity contribution < 1.29 is 9.00 Å². The molecule has 1 amide bonds. The highest BCUT2D eigenvalue weighted by atomic mass is 32.2. The van der Waals surface area contributed by atoms with E-state index in [0.717, 1.165) is 5.82 Å². The van der Waals surface area contributed by atoms with Gasteiger partial charge in [-0.1, -0.05) is 0 Å². The van der Waals surface area contributed by atoms with Gasteiger partial charge in [-0.3, -0.25) is 4.79 Å². The fourth-order valence-electron chi connectivity index (χ4n) is 2.22. The molecule has 1 aliphatic carbocycles. The standard InChI is InChI=1S/C16H20N4O2S2/c1-24(2,22)20-15-9-7-13(23-15)16(21)19-12-6-8-14(17-10-12)18-11-4-3-5-11/h6-11H,3-5H2,1-2H3,(H,17,18)(H,19,21). The van der Waals surface area contributed by atoms with Gasteiger partial charge in [0.05, 0.1) is 16.8 Å². The maximum Gasteiger partial charge on any atom is 0.265 e. The summed E-state index contributed by atoms with van der Waals surface area (Å²) in [5, 5.41) is 6.76. The molecule has 0 aromatic carbocycles. The van der Waals surface area contributed by atoms with Crippen LogP contribution in [0.1, 0.15) is 28.9 Å². The van der Waals surface area contributed by atoms with Gasteiger partial charge >= 0.3 is 0 Å². The van der Waals surface area contributed by atoms with Crippen molar-refractivity contribution >= 4 is 43.5 Å². The van der Waals surface area contributed by atoms with E-state index >= 15 is 0 Å². The van der Waals surface area contributed by atoms with E-state index in [1.165, 1.54) is 30.6 Å². The Morgan fingerprint density at radius 2 is 2.08 bits per heavy atom. The largest absolute Gasteiger partial charge is 0.367 e. The number of rotatable bonds is 5. The third-order valence-corrected chi connectivity index (χ3v) is 5.33. The molecular weight excluding hydrogens is 344 g/mol. The molecule has 0 bridgehead atoms. The Hall–Kier alpha value is -1.93. The minimum atomic E-state index is -2.22. The van der Waals surface area contributed by atoms with Crippen LogP contribution in [0.5, 0.6) is 0 Å². The molecule has 8 heteroatoms. The highest BCUT2D eigenvalue weighted by Gasteiger charge is 2.17. The fourth-order valence-corrected chi connectivity index (χ4v) is 4.05. The Morgan fingerprint density at radius 1 is 1.29 bits per heavy atom. The van der Waals surface area contributed by atoms with Crippen LogP contribution < -0.4 is 10.6 Å². The Kier molecular flexibility index (Phi) is 4.86. The van der Waals surface area contributed by atoms with E-state index in [-0.39, 0.29) is 5.91 Å². The molecule has 2 heterocycles. The lowest BCUT2D eigenvalue weighted by Gasteiger charge is -2.26. The smallest absolute Gasteiger partial charge is 0.265 e. The van der Waals surface area contributed by atoms with E-state index in [0.29, 0.717) is 21.6 Å². The van der Waals surface area contributed by atoms with Crippen molar-refractivity contribution in [3.63, 3.8) is 0 Å². The van der Waals surface area contributed by atoms with Crippen LogP contribution >= 0.6 is 11.3 Å². The van der Waals surface area contributed by atoms with Gasteiger partial charge in [0.2, 0.25) is 0 Å². The van der Waals surface area contributed by atoms with Crippen molar-refractivity contribution in [1.29, 1.82) is 0 Å². The van der Waals surface area contributed by atoms with Crippen molar-refractivity contribution in [1.82, 2.24) is 4.98 Å². The maximum absolute atomic E-state index is 12.3. The summed E-state index contributed by atoms with van der Waals surface area (Å²) in [5.41, 5.74) is 0.640. The first-order valence-corrected chi connectivity index (χ1v) is 10.8. The monoisotopic (exact) mass is 364 g/mol. The first kappa shape index (κ1) is 16.9. The zero-order valence-electron chi connectivity index (χ0n) is 13.6. The Morgan fingerprint density at radius 3 is 2.67 bits per heavy atom. The molecule has 24 heavy (non-hydrogen) atoms. The summed E-state index contributed by atoms with van der Waals surface area (Å²) in [7, 11) is -2.22. The van der Waals surface area contributed by atoms with Gasteiger partial charge in [-0.15, -0.1) is 11.3 Å². The number of nitrogens with one attached hydrogen (secondary N) is 2. The second-order valence-corrected chi connectivity index (χ2v) is 9.68. The third-order valence-electron chi connectivity index (χ3n) is 3.60. The van der Waals surface area contributed by atoms with Gasteiger partial charge in [0.15, 0.2) is 0 Å². The number of pyridine rings is 1. The van der Waals surface area contributed by atoms with E-state index in [1.54, 1.807) is 30.8 Å². The molecule has 0 atom stereocenters. The highest BCUT2D eigenvalue weighted by Crippen LogP contribution is 2.27. The Bertz CT molecular complexity index is 839. The molecular formula is C16H20N4O2S2. The zero-order chi connectivity index (χ0) is 17.2. The van der Waals surface area contributed by atoms with E-state index in [1.807, 2.05) is 12.1 Å². The molecule has 3 rings (SSSR count). The van der Waals surface area contributed by atoms with E-state index in [2.05, 4.69) is 20.0 Å². The number of carbonyl (C=O) groups is 1. The third kappa shape index (κ3) is 4.55. The average molecular weight is 364 g/mol. The predicted octanol–water partition coefficient (Wildman–Crippen LogP) is 3.72. The second-order valence-electron chi connectivity index (χ2n) is 6.07. The Balaban J connectivity index is 1.63. The number of aromatic nitrogens is 1. The quantitative estimate of drug-likeness (QED) is 0.847. The van der Waals surface area contributed by atoms with Gasteiger partial charge in [-0.2, -0.15) is 4.36 Å². The number of carbonyl (C=O) groups excluding carboxylic acids is 1. The number of hydrogen-bond acceptors (Lipinski definition) is 6. The molecule has 2 aromatic heterocycles. The lowest BCUT2D eigenvalue weighted by Crippen LogP contribution is -2.27. The lowest BCUT2D eigenvalue weighted by molar-refractivity contribution is 0.103. The summed E-state index contributed by atoms with van der Waals surface area (Å²) >= 11 is 1.22. The van der Waals surface area contributed by atoms with Gasteiger partial charge in [-0.05, 0) is 43.5 Å². The van der Waals surface area contributed by atoms with Gasteiger partial charge < -0.3 is 10.6 Å². The van der Waals surface area contributed by atoms with Crippen LogP contribution in [0.15, 0.2) is 34.8 Å². The fraction of sp³-hybridized carbons (Fsp3) is 0.375. The van der Waals surface area contributed by atoms with Crippen LogP contribution in [0, 0.1) is 0 Å². The molecule has 2 aromatic rings. The summed E-state index contributed by atoms with van der Waals surface area (Å²) in [5.74, 6) is 0.609. The second kappa shape index (κ2) is 6.90. The van der Waals surface area contributed by atoms with Crippen LogP contribution in [-0.4, -0.2) is 33.7 Å². The van der Waals surface area contributed by atoms with Crippen LogP contribution in [0.25, 0.3) is 0 Å². The van der Waals surface area contributed by atoms with Crippen LogP contribution in [-0.2, 0) is 9.73 Å². The first-order chi connectivity index (χ1) is 11.4.